The summed E-state index contributed by atoms with van der Waals surface area (Å²) in [6.45, 7) is 1.92. The average Bonchev–Trinajstić information content (AvgIpc) is 3.26. The number of rotatable bonds is 8. The first-order valence-electron chi connectivity index (χ1n) is 6.95. The summed E-state index contributed by atoms with van der Waals surface area (Å²) < 4.78 is 27.9. The van der Waals surface area contributed by atoms with E-state index in [4.69, 9.17) is 9.88 Å². The number of carbonyl (C=O) groups excluding carboxylic acids is 1. The van der Waals surface area contributed by atoms with E-state index in [1.807, 2.05) is 0 Å². The highest BCUT2D eigenvalue weighted by molar-refractivity contribution is 7.89. The molecule has 1 aliphatic carbocycles. The fourth-order valence-corrected chi connectivity index (χ4v) is 2.39. The van der Waals surface area contributed by atoms with Crippen LogP contribution in [0.15, 0.2) is 29.2 Å². The molecule has 1 amide bonds. The van der Waals surface area contributed by atoms with Crippen LogP contribution in [0.1, 0.15) is 29.6 Å². The summed E-state index contributed by atoms with van der Waals surface area (Å²) in [4.78, 5) is 11.8. The smallest absolute Gasteiger partial charge is 0.251 e. The van der Waals surface area contributed by atoms with Gasteiger partial charge in [0.25, 0.3) is 5.91 Å². The summed E-state index contributed by atoms with van der Waals surface area (Å²) in [6.07, 6.45) is 3.25. The van der Waals surface area contributed by atoms with Crippen molar-refractivity contribution in [2.75, 3.05) is 19.8 Å². The van der Waals surface area contributed by atoms with Crippen molar-refractivity contribution < 1.29 is 17.9 Å². The number of hydrogen-bond acceptors (Lipinski definition) is 4. The Morgan fingerprint density at radius 2 is 2.14 bits per heavy atom. The van der Waals surface area contributed by atoms with E-state index in [1.54, 1.807) is 6.07 Å². The number of amides is 1. The Morgan fingerprint density at radius 3 is 2.81 bits per heavy atom. The quantitative estimate of drug-likeness (QED) is 0.696. The van der Waals surface area contributed by atoms with E-state index in [0.29, 0.717) is 13.2 Å². The van der Waals surface area contributed by atoms with Crippen LogP contribution in [0.3, 0.4) is 0 Å². The molecular weight excluding hydrogens is 292 g/mol. The second-order valence-electron chi connectivity index (χ2n) is 5.20. The SMILES string of the molecule is NS(=O)(=O)c1cccc(C(=O)NCCCOCC2CC2)c1. The normalized spacial score (nSPS) is 14.9. The highest BCUT2D eigenvalue weighted by Gasteiger charge is 2.20. The topological polar surface area (TPSA) is 98.5 Å². The first-order valence-corrected chi connectivity index (χ1v) is 8.50. The van der Waals surface area contributed by atoms with Crippen LogP contribution >= 0.6 is 0 Å². The number of carbonyl (C=O) groups is 1. The van der Waals surface area contributed by atoms with Crippen molar-refractivity contribution in [3.8, 4) is 0 Å². The van der Waals surface area contributed by atoms with Gasteiger partial charge in [0.2, 0.25) is 10.0 Å². The first kappa shape index (κ1) is 15.9. The van der Waals surface area contributed by atoms with E-state index in [-0.39, 0.29) is 16.4 Å². The van der Waals surface area contributed by atoms with Gasteiger partial charge in [0.1, 0.15) is 0 Å². The predicted molar refractivity (Wildman–Crippen MR) is 78.3 cm³/mol. The van der Waals surface area contributed by atoms with E-state index >= 15 is 0 Å². The summed E-state index contributed by atoms with van der Waals surface area (Å²) in [6, 6.07) is 5.67. The molecule has 116 valence electrons. The van der Waals surface area contributed by atoms with Crippen LogP contribution in [0, 0.1) is 5.92 Å². The maximum Gasteiger partial charge on any atom is 0.251 e. The lowest BCUT2D eigenvalue weighted by molar-refractivity contribution is 0.0937. The maximum absolute atomic E-state index is 11.9. The van der Waals surface area contributed by atoms with Crippen molar-refractivity contribution in [1.29, 1.82) is 0 Å². The second kappa shape index (κ2) is 7.02. The second-order valence-corrected chi connectivity index (χ2v) is 6.76. The van der Waals surface area contributed by atoms with Gasteiger partial charge in [-0.15, -0.1) is 0 Å². The zero-order valence-electron chi connectivity index (χ0n) is 11.7. The molecule has 2 rings (SSSR count). The molecule has 1 aromatic rings. The summed E-state index contributed by atoms with van der Waals surface area (Å²) in [5.74, 6) is 0.420. The van der Waals surface area contributed by atoms with Crippen LogP contribution in [-0.4, -0.2) is 34.1 Å². The van der Waals surface area contributed by atoms with E-state index in [1.165, 1.54) is 31.0 Å². The van der Waals surface area contributed by atoms with Crippen molar-refractivity contribution in [3.63, 3.8) is 0 Å². The molecule has 0 saturated heterocycles. The number of sulfonamides is 1. The minimum absolute atomic E-state index is 0.0667. The Kier molecular flexibility index (Phi) is 5.33. The summed E-state index contributed by atoms with van der Waals surface area (Å²) >= 11 is 0. The van der Waals surface area contributed by atoms with Crippen molar-refractivity contribution in [3.05, 3.63) is 29.8 Å². The number of hydrogen-bond donors (Lipinski definition) is 2. The van der Waals surface area contributed by atoms with Crippen LogP contribution in [0.5, 0.6) is 0 Å². The zero-order chi connectivity index (χ0) is 15.3. The molecule has 0 bridgehead atoms. The van der Waals surface area contributed by atoms with Crippen molar-refractivity contribution in [2.45, 2.75) is 24.2 Å². The van der Waals surface area contributed by atoms with Gasteiger partial charge in [-0.25, -0.2) is 13.6 Å². The lowest BCUT2D eigenvalue weighted by atomic mass is 10.2. The monoisotopic (exact) mass is 312 g/mol. The van der Waals surface area contributed by atoms with E-state index in [0.717, 1.165) is 18.9 Å². The first-order chi connectivity index (χ1) is 9.97. The lowest BCUT2D eigenvalue weighted by Crippen LogP contribution is -2.25. The summed E-state index contributed by atoms with van der Waals surface area (Å²) in [7, 11) is -3.79. The molecular formula is C14H20N2O4S. The van der Waals surface area contributed by atoms with Gasteiger partial charge in [-0.2, -0.15) is 0 Å². The molecule has 0 aliphatic heterocycles. The minimum Gasteiger partial charge on any atom is -0.381 e. The van der Waals surface area contributed by atoms with Gasteiger partial charge < -0.3 is 10.1 Å². The van der Waals surface area contributed by atoms with Crippen LogP contribution in [0.2, 0.25) is 0 Å². The molecule has 0 heterocycles. The standard InChI is InChI=1S/C14H20N2O4S/c15-21(18,19)13-4-1-3-12(9-13)14(17)16-7-2-8-20-10-11-5-6-11/h1,3-4,9,11H,2,5-8,10H2,(H,16,17)(H2,15,18,19). The number of benzene rings is 1. The zero-order valence-corrected chi connectivity index (χ0v) is 12.6. The number of primary sulfonamides is 1. The van der Waals surface area contributed by atoms with Gasteiger partial charge in [-0.05, 0) is 43.4 Å². The Bertz CT molecular complexity index is 597. The van der Waals surface area contributed by atoms with E-state index in [9.17, 15) is 13.2 Å². The molecule has 0 atom stereocenters. The Balaban J connectivity index is 1.74. The number of nitrogens with one attached hydrogen (secondary N) is 1. The fourth-order valence-electron chi connectivity index (χ4n) is 1.83. The van der Waals surface area contributed by atoms with Crippen LogP contribution in [0.25, 0.3) is 0 Å². The van der Waals surface area contributed by atoms with Crippen molar-refractivity contribution in [1.82, 2.24) is 5.32 Å². The van der Waals surface area contributed by atoms with E-state index < -0.39 is 10.0 Å². The van der Waals surface area contributed by atoms with Crippen LogP contribution in [0.4, 0.5) is 0 Å². The molecule has 1 fully saturated rings. The van der Waals surface area contributed by atoms with Crippen molar-refractivity contribution >= 4 is 15.9 Å². The van der Waals surface area contributed by atoms with E-state index in [2.05, 4.69) is 5.32 Å². The molecule has 0 spiro atoms. The summed E-state index contributed by atoms with van der Waals surface area (Å²) in [5.41, 5.74) is 0.278. The largest absolute Gasteiger partial charge is 0.381 e. The molecule has 0 radical (unpaired) electrons. The average molecular weight is 312 g/mol. The molecule has 0 aromatic heterocycles. The fraction of sp³-hybridized carbons (Fsp3) is 0.500. The van der Waals surface area contributed by atoms with Crippen LogP contribution < -0.4 is 10.5 Å². The maximum atomic E-state index is 11.9. The van der Waals surface area contributed by atoms with Gasteiger partial charge in [0.05, 0.1) is 4.90 Å². The van der Waals surface area contributed by atoms with Gasteiger partial charge in [0.15, 0.2) is 0 Å². The molecule has 0 unspecified atom stereocenters. The van der Waals surface area contributed by atoms with Gasteiger partial charge >= 0.3 is 0 Å². The molecule has 1 aliphatic rings. The highest BCUT2D eigenvalue weighted by Crippen LogP contribution is 2.28. The Labute approximate surface area is 124 Å². The molecule has 21 heavy (non-hydrogen) atoms. The number of ether oxygens (including phenoxy) is 1. The third kappa shape index (κ3) is 5.45. The minimum atomic E-state index is -3.79. The van der Waals surface area contributed by atoms with Gasteiger partial charge in [-0.1, -0.05) is 6.07 Å². The van der Waals surface area contributed by atoms with Crippen LogP contribution in [-0.2, 0) is 14.8 Å². The Morgan fingerprint density at radius 1 is 1.38 bits per heavy atom. The third-order valence-electron chi connectivity index (χ3n) is 3.23. The predicted octanol–water partition coefficient (Wildman–Crippen LogP) is 0.880. The lowest BCUT2D eigenvalue weighted by Gasteiger charge is -2.07. The van der Waals surface area contributed by atoms with Crippen molar-refractivity contribution in [2.24, 2.45) is 11.1 Å². The van der Waals surface area contributed by atoms with Gasteiger partial charge in [0, 0.05) is 25.3 Å². The summed E-state index contributed by atoms with van der Waals surface area (Å²) in [5, 5.41) is 7.76. The molecule has 1 aromatic carbocycles. The molecule has 3 N–H and O–H groups in total. The molecule has 7 heteroatoms. The number of nitrogens with two attached hydrogens (primary N) is 1. The molecule has 1 saturated carbocycles. The van der Waals surface area contributed by atoms with Gasteiger partial charge in [-0.3, -0.25) is 4.79 Å². The molecule has 6 nitrogen and oxygen atoms in total. The third-order valence-corrected chi connectivity index (χ3v) is 4.14. The Hall–Kier alpha value is -1.44. The highest BCUT2D eigenvalue weighted by atomic mass is 32.2.